The van der Waals surface area contributed by atoms with Gasteiger partial charge in [-0.3, -0.25) is 19.4 Å². The monoisotopic (exact) mass is 573 g/mol. The van der Waals surface area contributed by atoms with Crippen molar-refractivity contribution in [2.75, 3.05) is 0 Å². The van der Waals surface area contributed by atoms with E-state index in [0.29, 0.717) is 17.1 Å². The molecule has 11 heteroatoms. The first kappa shape index (κ1) is 29.7. The van der Waals surface area contributed by atoms with Crippen molar-refractivity contribution < 1.29 is 38.5 Å². The first-order valence-electron chi connectivity index (χ1n) is 13.0. The molecule has 2 heterocycles. The molecule has 0 saturated carbocycles. The van der Waals surface area contributed by atoms with Gasteiger partial charge in [0.2, 0.25) is 0 Å². The first-order chi connectivity index (χ1) is 20.1. The molecular weight excluding hydrogens is 545 g/mol. The van der Waals surface area contributed by atoms with E-state index in [0.717, 1.165) is 11.1 Å². The number of nitrogens with zero attached hydrogens (tertiary/aromatic N) is 1. The number of nitrogens with one attached hydrogen (secondary N) is 2. The van der Waals surface area contributed by atoms with Gasteiger partial charge in [-0.25, -0.2) is 9.18 Å². The van der Waals surface area contributed by atoms with Crippen LogP contribution in [0.4, 0.5) is 4.39 Å². The topological polar surface area (TPSA) is 159 Å². The minimum Gasteiger partial charge on any atom is -0.481 e. The number of carbonyl (C=O) groups is 4. The summed E-state index contributed by atoms with van der Waals surface area (Å²) >= 11 is 0. The highest BCUT2D eigenvalue weighted by Crippen LogP contribution is 2.27. The van der Waals surface area contributed by atoms with Crippen LogP contribution in [-0.2, 0) is 27.2 Å². The summed E-state index contributed by atoms with van der Waals surface area (Å²) in [5, 5.41) is 20.4. The Hall–Kier alpha value is -5.32. The Balaban J connectivity index is 1.39. The quantitative estimate of drug-likeness (QED) is 0.179. The summed E-state index contributed by atoms with van der Waals surface area (Å²) < 4.78 is 20.6. The molecule has 1 atom stereocenters. The highest BCUT2D eigenvalue weighted by molar-refractivity contribution is 5.97. The molecule has 0 saturated heterocycles. The summed E-state index contributed by atoms with van der Waals surface area (Å²) in [5.74, 6) is -3.33. The van der Waals surface area contributed by atoms with Gasteiger partial charge in [-0.15, -0.1) is 0 Å². The number of aliphatic carboxylic acids is 2. The lowest BCUT2D eigenvalue weighted by atomic mass is 10.0. The van der Waals surface area contributed by atoms with Crippen LogP contribution in [0.2, 0.25) is 0 Å². The molecule has 0 aliphatic heterocycles. The van der Waals surface area contributed by atoms with Crippen LogP contribution in [0.25, 0.3) is 11.4 Å². The number of Topliss-reactive ketones (excluding diaryl/α,β-unsaturated/α-hetero) is 1. The Morgan fingerprint density at radius 2 is 1.79 bits per heavy atom. The van der Waals surface area contributed by atoms with Crippen LogP contribution in [0.5, 0.6) is 11.5 Å². The van der Waals surface area contributed by atoms with Gasteiger partial charge in [0.25, 0.3) is 5.91 Å². The Kier molecular flexibility index (Phi) is 9.43. The number of amides is 1. The average Bonchev–Trinajstić information content (AvgIpc) is 3.43. The second-order valence-corrected chi connectivity index (χ2v) is 9.71. The van der Waals surface area contributed by atoms with E-state index in [2.05, 4.69) is 15.3 Å². The maximum atomic E-state index is 14.8. The lowest BCUT2D eigenvalue weighted by Crippen LogP contribution is -2.41. The number of aromatic nitrogens is 2. The van der Waals surface area contributed by atoms with Crippen LogP contribution < -0.4 is 10.1 Å². The van der Waals surface area contributed by atoms with Crippen LogP contribution in [0.15, 0.2) is 73.1 Å². The standard InChI is InChI=1S/C31H28FN3O7/c1-18-3-2-4-19(11-18)12-22(36)13-20-5-6-23(15-25(20)32)42-24-9-10-33-28(16-24)27-14-21(17-34-27)30(39)35-26(31(40)41)7-8-29(37)38/h2-6,9-11,14-17,26,34H,7-8,12-13H2,1H3,(H,35,39)(H,37,38)(H,40,41)/t26-/m0/s1. The average molecular weight is 574 g/mol. The second kappa shape index (κ2) is 13.4. The SMILES string of the molecule is Cc1cccc(CC(=O)Cc2ccc(Oc3ccnc(-c4cc(C(=O)N[C@@H](CCC(=O)O)C(=O)O)c[nH]4)c3)cc2F)c1. The van der Waals surface area contributed by atoms with E-state index in [9.17, 15) is 28.7 Å². The van der Waals surface area contributed by atoms with Gasteiger partial charge in [0.05, 0.1) is 17.0 Å². The zero-order chi connectivity index (χ0) is 30.2. The third-order valence-electron chi connectivity index (χ3n) is 6.33. The van der Waals surface area contributed by atoms with E-state index in [1.165, 1.54) is 30.6 Å². The van der Waals surface area contributed by atoms with Gasteiger partial charge in [0, 0.05) is 43.8 Å². The zero-order valence-electron chi connectivity index (χ0n) is 22.6. The Labute approximate surface area is 240 Å². The number of aryl methyl sites for hydroxylation is 1. The minimum absolute atomic E-state index is 0.0467. The fourth-order valence-corrected chi connectivity index (χ4v) is 4.26. The summed E-state index contributed by atoms with van der Waals surface area (Å²) in [6.45, 7) is 1.94. The van der Waals surface area contributed by atoms with Crippen molar-refractivity contribution in [2.24, 2.45) is 0 Å². The molecular formula is C31H28FN3O7. The molecule has 0 bridgehead atoms. The van der Waals surface area contributed by atoms with Crippen molar-refractivity contribution >= 4 is 23.6 Å². The van der Waals surface area contributed by atoms with E-state index >= 15 is 0 Å². The highest BCUT2D eigenvalue weighted by Gasteiger charge is 2.22. The van der Waals surface area contributed by atoms with Crippen LogP contribution >= 0.6 is 0 Å². The number of benzene rings is 2. The highest BCUT2D eigenvalue weighted by atomic mass is 19.1. The number of ether oxygens (including phenoxy) is 1. The van der Waals surface area contributed by atoms with Crippen LogP contribution in [0, 0.1) is 12.7 Å². The molecule has 4 aromatic rings. The molecule has 1 amide bonds. The molecule has 0 radical (unpaired) electrons. The van der Waals surface area contributed by atoms with Gasteiger partial charge < -0.3 is 25.3 Å². The van der Waals surface area contributed by atoms with Crippen molar-refractivity contribution in [2.45, 2.75) is 38.6 Å². The van der Waals surface area contributed by atoms with Crippen molar-refractivity contribution in [1.29, 1.82) is 0 Å². The normalized spacial score (nSPS) is 11.5. The van der Waals surface area contributed by atoms with E-state index in [1.54, 1.807) is 18.2 Å². The number of hydrogen-bond donors (Lipinski definition) is 4. The van der Waals surface area contributed by atoms with E-state index in [1.807, 2.05) is 31.2 Å². The molecule has 0 fully saturated rings. The minimum atomic E-state index is -1.36. The fraction of sp³-hybridized carbons (Fsp3) is 0.194. The maximum Gasteiger partial charge on any atom is 0.326 e. The molecule has 0 spiro atoms. The Morgan fingerprint density at radius 1 is 1.00 bits per heavy atom. The molecule has 0 unspecified atom stereocenters. The largest absolute Gasteiger partial charge is 0.481 e. The zero-order valence-corrected chi connectivity index (χ0v) is 22.6. The van der Waals surface area contributed by atoms with Crippen LogP contribution in [0.3, 0.4) is 0 Å². The molecule has 42 heavy (non-hydrogen) atoms. The van der Waals surface area contributed by atoms with Gasteiger partial charge in [-0.05, 0) is 42.7 Å². The van der Waals surface area contributed by atoms with Crippen molar-refractivity contribution in [1.82, 2.24) is 15.3 Å². The lowest BCUT2D eigenvalue weighted by molar-refractivity contribution is -0.140. The van der Waals surface area contributed by atoms with Gasteiger partial charge >= 0.3 is 11.9 Å². The molecule has 10 nitrogen and oxygen atoms in total. The van der Waals surface area contributed by atoms with Gasteiger partial charge in [0.15, 0.2) is 0 Å². The summed E-state index contributed by atoms with van der Waals surface area (Å²) in [5.41, 5.74) is 3.13. The van der Waals surface area contributed by atoms with Gasteiger partial charge in [-0.1, -0.05) is 35.9 Å². The van der Waals surface area contributed by atoms with E-state index in [-0.39, 0.29) is 41.9 Å². The van der Waals surface area contributed by atoms with Crippen molar-refractivity contribution in [3.63, 3.8) is 0 Å². The molecule has 216 valence electrons. The smallest absolute Gasteiger partial charge is 0.326 e. The summed E-state index contributed by atoms with van der Waals surface area (Å²) in [6, 6.07) is 15.1. The van der Waals surface area contributed by atoms with Crippen molar-refractivity contribution in [3.05, 3.63) is 101 Å². The predicted molar refractivity (Wildman–Crippen MR) is 150 cm³/mol. The number of H-pyrrole nitrogens is 1. The molecule has 2 aromatic heterocycles. The number of ketones is 1. The second-order valence-electron chi connectivity index (χ2n) is 9.71. The van der Waals surface area contributed by atoms with Crippen LogP contribution in [0.1, 0.15) is 39.9 Å². The van der Waals surface area contributed by atoms with Crippen molar-refractivity contribution in [3.8, 4) is 22.9 Å². The number of halogens is 1. The van der Waals surface area contributed by atoms with E-state index in [4.69, 9.17) is 9.84 Å². The Morgan fingerprint density at radius 3 is 2.50 bits per heavy atom. The number of carbonyl (C=O) groups excluding carboxylic acids is 2. The lowest BCUT2D eigenvalue weighted by Gasteiger charge is -2.12. The molecule has 4 N–H and O–H groups in total. The number of rotatable bonds is 13. The number of carboxylic acid groups (broad SMARTS) is 2. The molecule has 0 aliphatic rings. The Bertz CT molecular complexity index is 1630. The van der Waals surface area contributed by atoms with Crippen LogP contribution in [-0.4, -0.2) is 49.9 Å². The molecule has 4 rings (SSSR count). The number of aromatic amines is 1. The number of carboxylic acids is 2. The summed E-state index contributed by atoms with van der Waals surface area (Å²) in [6.07, 6.45) is 2.32. The van der Waals surface area contributed by atoms with Gasteiger partial charge in [0.1, 0.15) is 29.1 Å². The maximum absolute atomic E-state index is 14.8. The third-order valence-corrected chi connectivity index (χ3v) is 6.33. The summed E-state index contributed by atoms with van der Waals surface area (Å²) in [4.78, 5) is 54.3. The summed E-state index contributed by atoms with van der Waals surface area (Å²) in [7, 11) is 0. The first-order valence-corrected chi connectivity index (χ1v) is 13.0. The predicted octanol–water partition coefficient (Wildman–Crippen LogP) is 4.72. The number of hydrogen-bond acceptors (Lipinski definition) is 6. The molecule has 0 aliphatic carbocycles. The third kappa shape index (κ3) is 8.10. The fourth-order valence-electron chi connectivity index (χ4n) is 4.26. The number of pyridine rings is 1. The van der Waals surface area contributed by atoms with Gasteiger partial charge in [-0.2, -0.15) is 0 Å². The van der Waals surface area contributed by atoms with E-state index < -0.39 is 36.1 Å². The molecule has 2 aromatic carbocycles.